The SMILES string of the molecule is CCN(C(=O)c1ccccc1[NH2+]N=CC=[NH2+])C1(CN=CC=C(N)c2ccc(F)cn2)CC1. The Labute approximate surface area is 186 Å². The summed E-state index contributed by atoms with van der Waals surface area (Å²) in [4.78, 5) is 23.7. The molecule has 0 radical (unpaired) electrons. The minimum Gasteiger partial charge on any atom is -0.397 e. The summed E-state index contributed by atoms with van der Waals surface area (Å²) in [5.41, 5.74) is 9.49. The van der Waals surface area contributed by atoms with E-state index < -0.39 is 5.82 Å². The van der Waals surface area contributed by atoms with E-state index in [9.17, 15) is 9.18 Å². The monoisotopic (exact) mass is 437 g/mol. The summed E-state index contributed by atoms with van der Waals surface area (Å²) < 4.78 is 13.0. The van der Waals surface area contributed by atoms with Gasteiger partial charge in [-0.15, -0.1) is 0 Å². The highest BCUT2D eigenvalue weighted by molar-refractivity contribution is 6.12. The second-order valence-corrected chi connectivity index (χ2v) is 7.45. The Morgan fingerprint density at radius 2 is 2.09 bits per heavy atom. The summed E-state index contributed by atoms with van der Waals surface area (Å²) in [5.74, 6) is -0.469. The maximum absolute atomic E-state index is 13.4. The van der Waals surface area contributed by atoms with Crippen LogP contribution in [-0.4, -0.2) is 53.1 Å². The zero-order valence-electron chi connectivity index (χ0n) is 18.0. The van der Waals surface area contributed by atoms with Crippen LogP contribution in [0, 0.1) is 5.82 Å². The van der Waals surface area contributed by atoms with Crippen LogP contribution in [0.2, 0.25) is 0 Å². The number of quaternary nitrogens is 1. The number of hydrogen-bond donors (Lipinski definition) is 3. The van der Waals surface area contributed by atoms with E-state index in [1.54, 1.807) is 23.8 Å². The molecule has 0 saturated heterocycles. The molecule has 0 unspecified atom stereocenters. The van der Waals surface area contributed by atoms with E-state index in [1.807, 2.05) is 30.0 Å². The van der Waals surface area contributed by atoms with Crippen LogP contribution in [-0.2, 0) is 0 Å². The third-order valence-electron chi connectivity index (χ3n) is 5.31. The van der Waals surface area contributed by atoms with Crippen LogP contribution < -0.4 is 16.6 Å². The molecule has 0 bridgehead atoms. The summed E-state index contributed by atoms with van der Waals surface area (Å²) in [5, 5.41) is 9.43. The number of carbonyl (C=O) groups excluding carboxylic acids is 1. The topological polar surface area (TPSA) is 126 Å². The normalized spacial score (nSPS) is 15.2. The summed E-state index contributed by atoms with van der Waals surface area (Å²) in [6.07, 6.45) is 8.93. The Morgan fingerprint density at radius 1 is 1.31 bits per heavy atom. The second kappa shape index (κ2) is 10.5. The zero-order chi connectivity index (χ0) is 23.0. The van der Waals surface area contributed by atoms with Gasteiger partial charge in [-0.2, -0.15) is 5.43 Å². The third-order valence-corrected chi connectivity index (χ3v) is 5.31. The fraction of sp³-hybridized carbons (Fsp3) is 0.261. The Morgan fingerprint density at radius 3 is 2.75 bits per heavy atom. The highest BCUT2D eigenvalue weighted by atomic mass is 19.1. The molecule has 2 aromatic rings. The van der Waals surface area contributed by atoms with Crippen molar-refractivity contribution in [1.29, 1.82) is 0 Å². The zero-order valence-corrected chi connectivity index (χ0v) is 18.0. The number of amides is 1. The van der Waals surface area contributed by atoms with Crippen molar-refractivity contribution in [3.8, 4) is 0 Å². The molecule has 0 spiro atoms. The first-order chi connectivity index (χ1) is 15.5. The molecule has 1 aromatic heterocycles. The molecular weight excluding hydrogens is 409 g/mol. The maximum atomic E-state index is 13.4. The molecule has 8 nitrogen and oxygen atoms in total. The Kier molecular flexibility index (Phi) is 7.56. The number of benzene rings is 1. The molecule has 1 saturated carbocycles. The molecule has 1 aromatic carbocycles. The highest BCUT2D eigenvalue weighted by Crippen LogP contribution is 2.43. The summed E-state index contributed by atoms with van der Waals surface area (Å²) in [7, 11) is 0. The summed E-state index contributed by atoms with van der Waals surface area (Å²) in [6.45, 7) is 3.01. The van der Waals surface area contributed by atoms with Gasteiger partial charge in [0, 0.05) is 18.8 Å². The van der Waals surface area contributed by atoms with Crippen LogP contribution in [0.4, 0.5) is 10.1 Å². The fourth-order valence-electron chi connectivity index (χ4n) is 3.46. The van der Waals surface area contributed by atoms with Crippen molar-refractivity contribution in [2.24, 2.45) is 15.8 Å². The number of aromatic nitrogens is 1. The Bertz CT molecular complexity index is 1040. The van der Waals surface area contributed by atoms with Gasteiger partial charge in [-0.05, 0) is 44.0 Å². The number of pyridine rings is 1. The lowest BCUT2D eigenvalue weighted by atomic mass is 10.1. The standard InChI is InChI=1S/C23H26FN7O/c1-2-31(22(32)18-5-3-4-6-20(18)30-29-14-12-25)23(10-11-23)16-27-13-9-19(26)21-8-7-17(24)15-28-21/h3-9,12-15,25,30H,2,10-11,16,26H2,1H3/p+2. The van der Waals surface area contributed by atoms with Gasteiger partial charge in [0.1, 0.15) is 17.6 Å². The number of likely N-dealkylation sites (N-methyl/N-ethyl adjacent to an activating group) is 1. The predicted molar refractivity (Wildman–Crippen MR) is 123 cm³/mol. The number of halogens is 1. The molecule has 1 heterocycles. The number of hydrogen-bond acceptors (Lipinski definition) is 5. The first kappa shape index (κ1) is 23.0. The van der Waals surface area contributed by atoms with E-state index in [0.29, 0.717) is 30.0 Å². The lowest BCUT2D eigenvalue weighted by Crippen LogP contribution is -2.72. The van der Waals surface area contributed by atoms with Crippen molar-refractivity contribution in [2.45, 2.75) is 25.3 Å². The van der Waals surface area contributed by atoms with E-state index in [0.717, 1.165) is 24.7 Å². The lowest BCUT2D eigenvalue weighted by molar-refractivity contribution is -0.577. The van der Waals surface area contributed by atoms with Crippen molar-refractivity contribution >= 4 is 35.9 Å². The highest BCUT2D eigenvalue weighted by Gasteiger charge is 2.49. The molecule has 32 heavy (non-hydrogen) atoms. The van der Waals surface area contributed by atoms with Crippen LogP contribution in [0.3, 0.4) is 0 Å². The van der Waals surface area contributed by atoms with Crippen LogP contribution >= 0.6 is 0 Å². The van der Waals surface area contributed by atoms with Crippen molar-refractivity contribution in [3.05, 3.63) is 65.7 Å². The average Bonchev–Trinajstić information content (AvgIpc) is 3.58. The molecule has 6 N–H and O–H groups in total. The Hall–Kier alpha value is -3.72. The molecule has 1 fully saturated rings. The van der Waals surface area contributed by atoms with Crippen LogP contribution in [0.15, 0.2) is 58.8 Å². The molecule has 0 aliphatic heterocycles. The third kappa shape index (κ3) is 5.50. The van der Waals surface area contributed by atoms with Crippen molar-refractivity contribution in [3.63, 3.8) is 0 Å². The molecule has 1 amide bonds. The number of nitrogens with zero attached hydrogens (tertiary/aromatic N) is 4. The van der Waals surface area contributed by atoms with E-state index in [1.165, 1.54) is 24.6 Å². The van der Waals surface area contributed by atoms with Gasteiger partial charge in [-0.25, -0.2) is 4.39 Å². The van der Waals surface area contributed by atoms with Crippen LogP contribution in [0.5, 0.6) is 0 Å². The minimum atomic E-state index is -0.418. The van der Waals surface area contributed by atoms with Crippen molar-refractivity contribution < 1.29 is 20.0 Å². The molecule has 9 heteroatoms. The van der Waals surface area contributed by atoms with Crippen molar-refractivity contribution in [2.75, 3.05) is 13.1 Å². The molecule has 166 valence electrons. The van der Waals surface area contributed by atoms with Crippen LogP contribution in [0.25, 0.3) is 5.70 Å². The van der Waals surface area contributed by atoms with Crippen molar-refractivity contribution in [1.82, 2.24) is 9.88 Å². The number of rotatable bonds is 10. The van der Waals surface area contributed by atoms with E-state index >= 15 is 0 Å². The average molecular weight is 438 g/mol. The maximum Gasteiger partial charge on any atom is 0.260 e. The van der Waals surface area contributed by atoms with E-state index in [2.05, 4.69) is 15.1 Å². The van der Waals surface area contributed by atoms with E-state index in [4.69, 9.17) is 11.1 Å². The lowest BCUT2D eigenvalue weighted by Gasteiger charge is -2.30. The summed E-state index contributed by atoms with van der Waals surface area (Å²) in [6, 6.07) is 10.2. The summed E-state index contributed by atoms with van der Waals surface area (Å²) >= 11 is 0. The van der Waals surface area contributed by atoms with Gasteiger partial charge >= 0.3 is 0 Å². The van der Waals surface area contributed by atoms with E-state index in [-0.39, 0.29) is 11.4 Å². The largest absolute Gasteiger partial charge is 0.397 e. The van der Waals surface area contributed by atoms with Gasteiger partial charge in [0.25, 0.3) is 5.91 Å². The van der Waals surface area contributed by atoms with Crippen LogP contribution in [0.1, 0.15) is 35.8 Å². The van der Waals surface area contributed by atoms with Gasteiger partial charge < -0.3 is 10.6 Å². The van der Waals surface area contributed by atoms with Gasteiger partial charge in [-0.1, -0.05) is 17.2 Å². The van der Waals surface area contributed by atoms with Gasteiger partial charge in [0.05, 0.1) is 29.7 Å². The number of allylic oxidation sites excluding steroid dienone is 1. The first-order valence-electron chi connectivity index (χ1n) is 10.4. The van der Waals surface area contributed by atoms with Gasteiger partial charge in [0.15, 0.2) is 11.9 Å². The molecule has 0 atom stereocenters. The molecule has 1 aliphatic carbocycles. The van der Waals surface area contributed by atoms with Gasteiger partial charge in [-0.3, -0.25) is 20.2 Å². The quantitative estimate of drug-likeness (QED) is 0.214. The number of nitrogens with two attached hydrogens (primary N) is 3. The fourth-order valence-corrected chi connectivity index (χ4v) is 3.46. The second-order valence-electron chi connectivity index (χ2n) is 7.45. The molecule has 1 aliphatic rings. The molecule has 3 rings (SSSR count). The Balaban J connectivity index is 1.70. The number of aliphatic imine (C=N–C) groups is 1. The smallest absolute Gasteiger partial charge is 0.260 e. The number of carbonyl (C=O) groups is 1. The first-order valence-corrected chi connectivity index (χ1v) is 10.4. The predicted octanol–water partition coefficient (Wildman–Crippen LogP) is 0.297. The minimum absolute atomic E-state index is 0.0513. The molecular formula is C23H28FN7O+2. The van der Waals surface area contributed by atoms with Gasteiger partial charge in [0.2, 0.25) is 0 Å².